The monoisotopic (exact) mass is 296 g/mol. The van der Waals surface area contributed by atoms with E-state index in [9.17, 15) is 9.59 Å². The van der Waals surface area contributed by atoms with Crippen LogP contribution in [-0.4, -0.2) is 29.1 Å². The Kier molecular flexibility index (Phi) is 4.42. The number of nitrogens with zero attached hydrogens (tertiary/aromatic N) is 1. The van der Waals surface area contributed by atoms with Crippen molar-refractivity contribution in [3.8, 4) is 0 Å². The standard InChI is InChI=1S/C14H20N2O3S/c1-10(6-9-20)5-7-16-12(17)14(2,15-13(16)18)11-4-3-8-19-11/h3-4,8,10,20H,5-7,9H2,1-2H3,(H,15,18). The quantitative estimate of drug-likeness (QED) is 0.626. The van der Waals surface area contributed by atoms with Gasteiger partial charge in [-0.1, -0.05) is 6.92 Å². The number of nitrogens with one attached hydrogen (secondary N) is 1. The van der Waals surface area contributed by atoms with Crippen LogP contribution < -0.4 is 5.32 Å². The number of carbonyl (C=O) groups is 2. The van der Waals surface area contributed by atoms with Crippen LogP contribution >= 0.6 is 12.6 Å². The average molecular weight is 296 g/mol. The zero-order valence-electron chi connectivity index (χ0n) is 11.8. The zero-order chi connectivity index (χ0) is 14.8. The summed E-state index contributed by atoms with van der Waals surface area (Å²) >= 11 is 4.19. The SMILES string of the molecule is CC(CCS)CCN1C(=O)NC(C)(c2ccco2)C1=O. The van der Waals surface area contributed by atoms with Crippen molar-refractivity contribution in [2.24, 2.45) is 5.92 Å². The van der Waals surface area contributed by atoms with Gasteiger partial charge in [0.15, 0.2) is 5.54 Å². The number of imide groups is 1. The van der Waals surface area contributed by atoms with Gasteiger partial charge in [-0.25, -0.2) is 4.79 Å². The van der Waals surface area contributed by atoms with Gasteiger partial charge >= 0.3 is 6.03 Å². The molecule has 0 saturated carbocycles. The van der Waals surface area contributed by atoms with Gasteiger partial charge in [0.25, 0.3) is 5.91 Å². The Morgan fingerprint density at radius 1 is 1.45 bits per heavy atom. The number of urea groups is 1. The van der Waals surface area contributed by atoms with Crippen LogP contribution in [0.3, 0.4) is 0 Å². The van der Waals surface area contributed by atoms with E-state index in [0.29, 0.717) is 18.2 Å². The van der Waals surface area contributed by atoms with Crippen LogP contribution in [0.25, 0.3) is 0 Å². The fraction of sp³-hybridized carbons (Fsp3) is 0.571. The molecule has 0 radical (unpaired) electrons. The first-order valence-corrected chi connectivity index (χ1v) is 7.41. The lowest BCUT2D eigenvalue weighted by Crippen LogP contribution is -2.40. The molecule has 1 aromatic rings. The summed E-state index contributed by atoms with van der Waals surface area (Å²) in [6, 6.07) is 3.05. The van der Waals surface area contributed by atoms with Gasteiger partial charge in [-0.2, -0.15) is 12.6 Å². The van der Waals surface area contributed by atoms with Gasteiger partial charge in [-0.05, 0) is 43.6 Å². The average Bonchev–Trinajstić information content (AvgIpc) is 2.98. The molecule has 0 bridgehead atoms. The highest BCUT2D eigenvalue weighted by Gasteiger charge is 2.50. The Morgan fingerprint density at radius 3 is 2.80 bits per heavy atom. The lowest BCUT2D eigenvalue weighted by atomic mass is 9.99. The van der Waals surface area contributed by atoms with Gasteiger partial charge in [0, 0.05) is 6.54 Å². The molecular weight excluding hydrogens is 276 g/mol. The Balaban J connectivity index is 2.06. The summed E-state index contributed by atoms with van der Waals surface area (Å²) in [5, 5.41) is 2.72. The fourth-order valence-corrected chi connectivity index (χ4v) is 2.79. The van der Waals surface area contributed by atoms with Crippen molar-refractivity contribution in [3.63, 3.8) is 0 Å². The van der Waals surface area contributed by atoms with Gasteiger partial charge in [-0.15, -0.1) is 0 Å². The highest BCUT2D eigenvalue weighted by molar-refractivity contribution is 7.80. The largest absolute Gasteiger partial charge is 0.466 e. The number of thiol groups is 1. The molecule has 5 nitrogen and oxygen atoms in total. The molecule has 0 aromatic carbocycles. The van der Waals surface area contributed by atoms with Gasteiger partial charge in [0.1, 0.15) is 5.76 Å². The van der Waals surface area contributed by atoms with Gasteiger partial charge in [0.2, 0.25) is 0 Å². The van der Waals surface area contributed by atoms with E-state index in [1.54, 1.807) is 19.1 Å². The Labute approximate surface area is 124 Å². The molecule has 0 aliphatic carbocycles. The normalized spacial score (nSPS) is 24.1. The van der Waals surface area contributed by atoms with E-state index in [-0.39, 0.29) is 11.9 Å². The fourth-order valence-electron chi connectivity index (χ4n) is 2.34. The summed E-state index contributed by atoms with van der Waals surface area (Å²) in [5.41, 5.74) is -1.09. The van der Waals surface area contributed by atoms with Crippen LogP contribution in [0.1, 0.15) is 32.4 Å². The maximum Gasteiger partial charge on any atom is 0.325 e. The number of amides is 3. The van der Waals surface area contributed by atoms with Gasteiger partial charge in [-0.3, -0.25) is 9.69 Å². The van der Waals surface area contributed by atoms with Crippen LogP contribution in [0.15, 0.2) is 22.8 Å². The van der Waals surface area contributed by atoms with Gasteiger partial charge in [0.05, 0.1) is 6.26 Å². The third-order valence-electron chi connectivity index (χ3n) is 3.76. The second kappa shape index (κ2) is 5.91. The summed E-state index contributed by atoms with van der Waals surface area (Å²) in [5.74, 6) is 1.45. The number of carbonyl (C=O) groups excluding carboxylic acids is 2. The van der Waals surface area contributed by atoms with Crippen molar-refractivity contribution >= 4 is 24.6 Å². The topological polar surface area (TPSA) is 62.6 Å². The van der Waals surface area contributed by atoms with Crippen molar-refractivity contribution < 1.29 is 14.0 Å². The summed E-state index contributed by atoms with van der Waals surface area (Å²) in [7, 11) is 0. The summed E-state index contributed by atoms with van der Waals surface area (Å²) in [4.78, 5) is 25.8. The van der Waals surface area contributed by atoms with Crippen LogP contribution in [0.4, 0.5) is 4.79 Å². The first kappa shape index (κ1) is 15.0. The minimum Gasteiger partial charge on any atom is -0.466 e. The zero-order valence-corrected chi connectivity index (χ0v) is 12.7. The molecule has 1 saturated heterocycles. The van der Waals surface area contributed by atoms with E-state index < -0.39 is 5.54 Å². The van der Waals surface area contributed by atoms with Crippen molar-refractivity contribution in [1.82, 2.24) is 10.2 Å². The molecule has 3 amide bonds. The second-order valence-electron chi connectivity index (χ2n) is 5.40. The predicted molar refractivity (Wildman–Crippen MR) is 78.6 cm³/mol. The molecule has 1 aliphatic heterocycles. The second-order valence-corrected chi connectivity index (χ2v) is 5.84. The van der Waals surface area contributed by atoms with E-state index in [1.807, 2.05) is 0 Å². The van der Waals surface area contributed by atoms with E-state index in [2.05, 4.69) is 24.9 Å². The van der Waals surface area contributed by atoms with Crippen molar-refractivity contribution in [1.29, 1.82) is 0 Å². The summed E-state index contributed by atoms with van der Waals surface area (Å²) in [6.07, 6.45) is 3.26. The van der Waals surface area contributed by atoms with Crippen LogP contribution in [0, 0.1) is 5.92 Å². The molecule has 0 spiro atoms. The summed E-state index contributed by atoms with van der Waals surface area (Å²) in [6.45, 7) is 4.19. The van der Waals surface area contributed by atoms with E-state index in [1.165, 1.54) is 11.2 Å². The highest BCUT2D eigenvalue weighted by atomic mass is 32.1. The molecule has 110 valence electrons. The van der Waals surface area contributed by atoms with Crippen LogP contribution in [0.5, 0.6) is 0 Å². The summed E-state index contributed by atoms with van der Waals surface area (Å²) < 4.78 is 5.28. The maximum absolute atomic E-state index is 12.5. The molecule has 6 heteroatoms. The Hall–Kier alpha value is -1.43. The van der Waals surface area contributed by atoms with E-state index in [4.69, 9.17) is 4.42 Å². The molecule has 2 unspecified atom stereocenters. The van der Waals surface area contributed by atoms with Crippen LogP contribution in [-0.2, 0) is 10.3 Å². The molecule has 1 aliphatic rings. The molecule has 20 heavy (non-hydrogen) atoms. The highest BCUT2D eigenvalue weighted by Crippen LogP contribution is 2.29. The van der Waals surface area contributed by atoms with Crippen LogP contribution in [0.2, 0.25) is 0 Å². The Bertz CT molecular complexity index is 489. The molecule has 1 aromatic heterocycles. The molecule has 2 heterocycles. The van der Waals surface area contributed by atoms with Gasteiger partial charge < -0.3 is 9.73 Å². The van der Waals surface area contributed by atoms with E-state index in [0.717, 1.165) is 18.6 Å². The lowest BCUT2D eigenvalue weighted by molar-refractivity contribution is -0.131. The molecule has 1 N–H and O–H groups in total. The first-order valence-electron chi connectivity index (χ1n) is 6.78. The molecule has 1 fully saturated rings. The number of furan rings is 1. The predicted octanol–water partition coefficient (Wildman–Crippen LogP) is 2.39. The number of hydrogen-bond acceptors (Lipinski definition) is 4. The van der Waals surface area contributed by atoms with Crippen molar-refractivity contribution in [2.45, 2.75) is 32.2 Å². The smallest absolute Gasteiger partial charge is 0.325 e. The molecule has 2 atom stereocenters. The molecular formula is C14H20N2O3S. The minimum absolute atomic E-state index is 0.254. The van der Waals surface area contributed by atoms with Crippen molar-refractivity contribution in [2.75, 3.05) is 12.3 Å². The third-order valence-corrected chi connectivity index (χ3v) is 4.01. The number of hydrogen-bond donors (Lipinski definition) is 2. The third kappa shape index (κ3) is 2.70. The lowest BCUT2D eigenvalue weighted by Gasteiger charge is -2.19. The van der Waals surface area contributed by atoms with E-state index >= 15 is 0 Å². The molecule has 2 rings (SSSR count). The minimum atomic E-state index is -1.09. The number of rotatable bonds is 6. The Morgan fingerprint density at radius 2 is 2.20 bits per heavy atom. The van der Waals surface area contributed by atoms with Crippen molar-refractivity contribution in [3.05, 3.63) is 24.2 Å². The maximum atomic E-state index is 12.5. The first-order chi connectivity index (χ1) is 9.49.